The first-order valence-electron chi connectivity index (χ1n) is 7.12. The van der Waals surface area contributed by atoms with E-state index in [0.29, 0.717) is 18.1 Å². The van der Waals surface area contributed by atoms with Gasteiger partial charge in [-0.05, 0) is 24.3 Å². The van der Waals surface area contributed by atoms with Crippen LogP contribution in [0.25, 0.3) is 0 Å². The van der Waals surface area contributed by atoms with Crippen molar-refractivity contribution in [1.82, 2.24) is 5.32 Å². The highest BCUT2D eigenvalue weighted by Crippen LogP contribution is 2.22. The van der Waals surface area contributed by atoms with Gasteiger partial charge in [0, 0.05) is 19.7 Å². The van der Waals surface area contributed by atoms with E-state index in [0.717, 1.165) is 6.54 Å². The first-order chi connectivity index (χ1) is 8.81. The molecule has 1 fully saturated rings. The summed E-state index contributed by atoms with van der Waals surface area (Å²) in [6, 6.07) is 11.3. The van der Waals surface area contributed by atoms with Gasteiger partial charge in [0.05, 0.1) is 6.10 Å². The van der Waals surface area contributed by atoms with Crippen LogP contribution in [-0.4, -0.2) is 25.8 Å². The van der Waals surface area contributed by atoms with Crippen molar-refractivity contribution in [3.63, 3.8) is 0 Å². The van der Waals surface area contributed by atoms with Crippen LogP contribution < -0.4 is 5.32 Å². The second-order valence-electron chi connectivity index (χ2n) is 5.39. The molecule has 18 heavy (non-hydrogen) atoms. The van der Waals surface area contributed by atoms with E-state index in [-0.39, 0.29) is 0 Å². The zero-order valence-electron chi connectivity index (χ0n) is 11.6. The maximum absolute atomic E-state index is 5.58. The SMILES string of the molecule is COC1CCCCC1NCC(C)c1ccccc1. The second-order valence-corrected chi connectivity index (χ2v) is 5.39. The summed E-state index contributed by atoms with van der Waals surface area (Å²) in [4.78, 5) is 0. The Hall–Kier alpha value is -0.860. The van der Waals surface area contributed by atoms with Gasteiger partial charge in [-0.1, -0.05) is 50.1 Å². The van der Waals surface area contributed by atoms with Crippen LogP contribution in [0.2, 0.25) is 0 Å². The second kappa shape index (κ2) is 6.91. The molecular formula is C16H25NO. The molecule has 100 valence electrons. The molecule has 0 heterocycles. The van der Waals surface area contributed by atoms with Crippen LogP contribution in [-0.2, 0) is 4.74 Å². The van der Waals surface area contributed by atoms with E-state index < -0.39 is 0 Å². The average Bonchev–Trinajstić information content (AvgIpc) is 2.46. The standard InChI is InChI=1S/C16H25NO/c1-13(14-8-4-3-5-9-14)12-17-15-10-6-7-11-16(15)18-2/h3-5,8-9,13,15-17H,6-7,10-12H2,1-2H3. The fourth-order valence-electron chi connectivity index (χ4n) is 2.84. The number of ether oxygens (including phenoxy) is 1. The van der Waals surface area contributed by atoms with Crippen molar-refractivity contribution in [2.24, 2.45) is 0 Å². The van der Waals surface area contributed by atoms with E-state index in [9.17, 15) is 0 Å². The number of rotatable bonds is 5. The molecule has 3 unspecified atom stereocenters. The summed E-state index contributed by atoms with van der Waals surface area (Å²) < 4.78 is 5.58. The van der Waals surface area contributed by atoms with Crippen molar-refractivity contribution >= 4 is 0 Å². The van der Waals surface area contributed by atoms with Crippen LogP contribution in [0.3, 0.4) is 0 Å². The Morgan fingerprint density at radius 1 is 1.22 bits per heavy atom. The van der Waals surface area contributed by atoms with Gasteiger partial charge in [0.2, 0.25) is 0 Å². The van der Waals surface area contributed by atoms with E-state index in [1.807, 2.05) is 7.11 Å². The van der Waals surface area contributed by atoms with Crippen LogP contribution in [0, 0.1) is 0 Å². The third kappa shape index (κ3) is 3.56. The number of nitrogens with one attached hydrogen (secondary N) is 1. The van der Waals surface area contributed by atoms with Gasteiger partial charge < -0.3 is 10.1 Å². The van der Waals surface area contributed by atoms with Crippen molar-refractivity contribution in [3.8, 4) is 0 Å². The smallest absolute Gasteiger partial charge is 0.0724 e. The van der Waals surface area contributed by atoms with Crippen LogP contribution in [0.1, 0.15) is 44.1 Å². The van der Waals surface area contributed by atoms with Gasteiger partial charge in [0.1, 0.15) is 0 Å². The number of hydrogen-bond acceptors (Lipinski definition) is 2. The highest BCUT2D eigenvalue weighted by Gasteiger charge is 2.24. The maximum atomic E-state index is 5.58. The Labute approximate surface area is 111 Å². The van der Waals surface area contributed by atoms with Gasteiger partial charge in [0.15, 0.2) is 0 Å². The van der Waals surface area contributed by atoms with Gasteiger partial charge in [0.25, 0.3) is 0 Å². The molecule has 1 aromatic carbocycles. The zero-order chi connectivity index (χ0) is 12.8. The van der Waals surface area contributed by atoms with Gasteiger partial charge in [-0.3, -0.25) is 0 Å². The minimum Gasteiger partial charge on any atom is -0.380 e. The molecule has 2 heteroatoms. The van der Waals surface area contributed by atoms with Crippen molar-refractivity contribution in [2.45, 2.75) is 50.7 Å². The molecule has 0 aromatic heterocycles. The third-order valence-electron chi connectivity index (χ3n) is 4.06. The van der Waals surface area contributed by atoms with Gasteiger partial charge >= 0.3 is 0 Å². The summed E-state index contributed by atoms with van der Waals surface area (Å²) in [5.41, 5.74) is 1.41. The van der Waals surface area contributed by atoms with E-state index in [2.05, 4.69) is 42.6 Å². The maximum Gasteiger partial charge on any atom is 0.0724 e. The zero-order valence-corrected chi connectivity index (χ0v) is 11.6. The fourth-order valence-corrected chi connectivity index (χ4v) is 2.84. The van der Waals surface area contributed by atoms with E-state index in [1.54, 1.807) is 0 Å². The molecule has 3 atom stereocenters. The molecular weight excluding hydrogens is 222 g/mol. The lowest BCUT2D eigenvalue weighted by Gasteiger charge is -2.32. The lowest BCUT2D eigenvalue weighted by atomic mass is 9.91. The molecule has 1 saturated carbocycles. The molecule has 0 spiro atoms. The largest absolute Gasteiger partial charge is 0.380 e. The molecule has 0 radical (unpaired) electrons. The first-order valence-corrected chi connectivity index (χ1v) is 7.12. The monoisotopic (exact) mass is 247 g/mol. The molecule has 0 aliphatic heterocycles. The summed E-state index contributed by atoms with van der Waals surface area (Å²) >= 11 is 0. The molecule has 1 aliphatic carbocycles. The number of benzene rings is 1. The summed E-state index contributed by atoms with van der Waals surface area (Å²) in [5.74, 6) is 0.561. The number of methoxy groups -OCH3 is 1. The minimum absolute atomic E-state index is 0.404. The van der Waals surface area contributed by atoms with Crippen molar-refractivity contribution in [3.05, 3.63) is 35.9 Å². The number of hydrogen-bond donors (Lipinski definition) is 1. The van der Waals surface area contributed by atoms with Crippen LogP contribution in [0.15, 0.2) is 30.3 Å². The lowest BCUT2D eigenvalue weighted by Crippen LogP contribution is -2.44. The van der Waals surface area contributed by atoms with E-state index in [4.69, 9.17) is 4.74 Å². The molecule has 1 N–H and O–H groups in total. The van der Waals surface area contributed by atoms with Gasteiger partial charge in [-0.15, -0.1) is 0 Å². The normalized spacial score (nSPS) is 25.9. The Bertz CT molecular complexity index is 338. The van der Waals surface area contributed by atoms with Crippen molar-refractivity contribution < 1.29 is 4.74 Å². The highest BCUT2D eigenvalue weighted by molar-refractivity contribution is 5.19. The van der Waals surface area contributed by atoms with Crippen LogP contribution in [0.5, 0.6) is 0 Å². The average molecular weight is 247 g/mol. The Morgan fingerprint density at radius 3 is 2.67 bits per heavy atom. The Kier molecular flexibility index (Phi) is 5.21. The van der Waals surface area contributed by atoms with Crippen LogP contribution in [0.4, 0.5) is 0 Å². The summed E-state index contributed by atoms with van der Waals surface area (Å²) in [6.45, 7) is 3.32. The molecule has 0 bridgehead atoms. The lowest BCUT2D eigenvalue weighted by molar-refractivity contribution is 0.0416. The van der Waals surface area contributed by atoms with Gasteiger partial charge in [-0.25, -0.2) is 0 Å². The fraction of sp³-hybridized carbons (Fsp3) is 0.625. The molecule has 0 saturated heterocycles. The predicted molar refractivity (Wildman–Crippen MR) is 75.9 cm³/mol. The molecule has 1 aliphatic rings. The Morgan fingerprint density at radius 2 is 1.94 bits per heavy atom. The summed E-state index contributed by atoms with van der Waals surface area (Å²) in [6.07, 6.45) is 5.50. The topological polar surface area (TPSA) is 21.3 Å². The Balaban J connectivity index is 1.83. The molecule has 2 nitrogen and oxygen atoms in total. The van der Waals surface area contributed by atoms with Crippen LogP contribution >= 0.6 is 0 Å². The third-order valence-corrected chi connectivity index (χ3v) is 4.06. The highest BCUT2D eigenvalue weighted by atomic mass is 16.5. The summed E-state index contributed by atoms with van der Waals surface area (Å²) in [7, 11) is 1.84. The van der Waals surface area contributed by atoms with Gasteiger partial charge in [-0.2, -0.15) is 0 Å². The first kappa shape index (κ1) is 13.6. The summed E-state index contributed by atoms with van der Waals surface area (Å²) in [5, 5.41) is 3.70. The molecule has 1 aromatic rings. The minimum atomic E-state index is 0.404. The van der Waals surface area contributed by atoms with Crippen molar-refractivity contribution in [1.29, 1.82) is 0 Å². The predicted octanol–water partition coefficient (Wildman–Crippen LogP) is 3.34. The van der Waals surface area contributed by atoms with E-state index in [1.165, 1.54) is 31.2 Å². The molecule has 0 amide bonds. The quantitative estimate of drug-likeness (QED) is 0.861. The van der Waals surface area contributed by atoms with Crippen molar-refractivity contribution in [2.75, 3.05) is 13.7 Å². The van der Waals surface area contributed by atoms with E-state index >= 15 is 0 Å². The molecule has 2 rings (SSSR count).